The molecule has 1 aromatic heterocycles. The number of benzene rings is 1. The minimum absolute atomic E-state index is 0.0115. The number of furan rings is 1. The van der Waals surface area contributed by atoms with E-state index in [1.165, 1.54) is 19.4 Å². The van der Waals surface area contributed by atoms with E-state index < -0.39 is 4.92 Å². The lowest BCUT2D eigenvalue weighted by Crippen LogP contribution is -2.37. The van der Waals surface area contributed by atoms with Crippen molar-refractivity contribution in [2.24, 2.45) is 0 Å². The molecule has 0 saturated carbocycles. The molecule has 0 bridgehead atoms. The van der Waals surface area contributed by atoms with Gasteiger partial charge in [-0.05, 0) is 57.1 Å². The summed E-state index contributed by atoms with van der Waals surface area (Å²) in [6.45, 7) is 3.86. The van der Waals surface area contributed by atoms with E-state index in [0.717, 1.165) is 31.7 Å². The van der Waals surface area contributed by atoms with Crippen molar-refractivity contribution in [1.82, 2.24) is 4.90 Å². The van der Waals surface area contributed by atoms with Crippen LogP contribution in [0.15, 0.2) is 41.0 Å². The van der Waals surface area contributed by atoms with Crippen LogP contribution in [0.1, 0.15) is 48.3 Å². The summed E-state index contributed by atoms with van der Waals surface area (Å²) >= 11 is 0. The average Bonchev–Trinajstić information content (AvgIpc) is 3.17. The highest BCUT2D eigenvalue weighted by Crippen LogP contribution is 2.29. The summed E-state index contributed by atoms with van der Waals surface area (Å²) in [7, 11) is 0. The van der Waals surface area contributed by atoms with Gasteiger partial charge in [0.25, 0.3) is 5.69 Å². The number of ketones is 1. The van der Waals surface area contributed by atoms with Crippen LogP contribution >= 0.6 is 0 Å². The lowest BCUT2D eigenvalue weighted by molar-refractivity contribution is -0.384. The molecule has 1 aliphatic rings. The Morgan fingerprint density at radius 2 is 2.08 bits per heavy atom. The Balaban J connectivity index is 1.80. The number of hydrogen-bond donors (Lipinski definition) is 1. The number of nitro benzene ring substituents is 1. The molecular weight excluding hydrogens is 334 g/mol. The molecule has 0 aliphatic carbocycles. The quantitative estimate of drug-likeness (QED) is 0.457. The number of Topliss-reactive ketones (excluding diaryl/α,β-unsaturated/α-hetero) is 1. The van der Waals surface area contributed by atoms with Crippen LogP contribution in [0.25, 0.3) is 0 Å². The predicted octanol–water partition coefficient (Wildman–Crippen LogP) is 4.03. The molecule has 2 heterocycles. The monoisotopic (exact) mass is 357 g/mol. The van der Waals surface area contributed by atoms with E-state index in [2.05, 4.69) is 10.2 Å². The largest absolute Gasteiger partial charge is 0.468 e. The molecule has 0 spiro atoms. The van der Waals surface area contributed by atoms with Gasteiger partial charge in [-0.25, -0.2) is 0 Å². The number of nitrogens with one attached hydrogen (secondary N) is 1. The Morgan fingerprint density at radius 1 is 1.31 bits per heavy atom. The van der Waals surface area contributed by atoms with Crippen LogP contribution in [0, 0.1) is 10.1 Å². The maximum Gasteiger partial charge on any atom is 0.293 e. The van der Waals surface area contributed by atoms with Crippen molar-refractivity contribution < 1.29 is 14.1 Å². The molecule has 26 heavy (non-hydrogen) atoms. The average molecular weight is 357 g/mol. The summed E-state index contributed by atoms with van der Waals surface area (Å²) in [5, 5.41) is 14.6. The van der Waals surface area contributed by atoms with Crippen LogP contribution in [0.5, 0.6) is 0 Å². The molecule has 0 radical (unpaired) electrons. The Labute approximate surface area is 152 Å². The fraction of sp³-hybridized carbons (Fsp3) is 0.421. The highest BCUT2D eigenvalue weighted by Gasteiger charge is 2.25. The van der Waals surface area contributed by atoms with Gasteiger partial charge in [0.2, 0.25) is 0 Å². The zero-order valence-electron chi connectivity index (χ0n) is 14.8. The molecule has 1 atom stereocenters. The van der Waals surface area contributed by atoms with Gasteiger partial charge in [0.15, 0.2) is 5.78 Å². The number of carbonyl (C=O) groups is 1. The number of rotatable bonds is 7. The smallest absolute Gasteiger partial charge is 0.293 e. The fourth-order valence-corrected chi connectivity index (χ4v) is 3.38. The van der Waals surface area contributed by atoms with Gasteiger partial charge in [-0.1, -0.05) is 6.42 Å². The van der Waals surface area contributed by atoms with Crippen molar-refractivity contribution >= 4 is 17.2 Å². The van der Waals surface area contributed by atoms with Gasteiger partial charge in [0.05, 0.1) is 17.2 Å². The minimum Gasteiger partial charge on any atom is -0.468 e. The molecule has 7 heteroatoms. The molecule has 1 aliphatic heterocycles. The molecule has 1 fully saturated rings. The van der Waals surface area contributed by atoms with Gasteiger partial charge in [0, 0.05) is 18.2 Å². The third-order valence-electron chi connectivity index (χ3n) is 4.79. The number of likely N-dealkylation sites (tertiary alicyclic amines) is 1. The first-order valence-corrected chi connectivity index (χ1v) is 8.87. The van der Waals surface area contributed by atoms with Crippen LogP contribution < -0.4 is 5.32 Å². The minimum atomic E-state index is -0.461. The standard InChI is InChI=1S/C19H23N3O4/c1-14(23)15-7-8-16(17(12-15)22(24)25)20-13-18(19-6-5-11-26-19)21-9-3-2-4-10-21/h5-8,11-12,18,20H,2-4,9-10,13H2,1H3. The van der Waals surface area contributed by atoms with Crippen molar-refractivity contribution in [3.63, 3.8) is 0 Å². The maximum absolute atomic E-state index is 11.5. The van der Waals surface area contributed by atoms with Crippen molar-refractivity contribution in [2.45, 2.75) is 32.2 Å². The number of anilines is 1. The highest BCUT2D eigenvalue weighted by molar-refractivity contribution is 5.95. The molecule has 1 unspecified atom stereocenters. The number of carbonyl (C=O) groups excluding carboxylic acids is 1. The Bertz CT molecular complexity index is 767. The fourth-order valence-electron chi connectivity index (χ4n) is 3.38. The van der Waals surface area contributed by atoms with Crippen LogP contribution in [0.3, 0.4) is 0 Å². The zero-order valence-corrected chi connectivity index (χ0v) is 14.8. The molecule has 1 aromatic carbocycles. The second-order valence-electron chi connectivity index (χ2n) is 6.55. The molecule has 1 saturated heterocycles. The highest BCUT2D eigenvalue weighted by atomic mass is 16.6. The van der Waals surface area contributed by atoms with E-state index in [4.69, 9.17) is 4.42 Å². The van der Waals surface area contributed by atoms with E-state index in [0.29, 0.717) is 17.8 Å². The number of nitrogens with zero attached hydrogens (tertiary/aromatic N) is 2. The predicted molar refractivity (Wildman–Crippen MR) is 98.5 cm³/mol. The summed E-state index contributed by atoms with van der Waals surface area (Å²) in [6, 6.07) is 8.35. The number of hydrogen-bond acceptors (Lipinski definition) is 6. The zero-order chi connectivity index (χ0) is 18.5. The van der Waals surface area contributed by atoms with Gasteiger partial charge in [-0.2, -0.15) is 0 Å². The summed E-state index contributed by atoms with van der Waals surface area (Å²) in [5.74, 6) is 0.656. The maximum atomic E-state index is 11.5. The summed E-state index contributed by atoms with van der Waals surface area (Å²) in [6.07, 6.45) is 5.17. The van der Waals surface area contributed by atoms with Gasteiger partial charge in [0.1, 0.15) is 11.4 Å². The van der Waals surface area contributed by atoms with Gasteiger partial charge < -0.3 is 9.73 Å². The first kappa shape index (κ1) is 18.1. The number of nitro groups is 1. The molecule has 138 valence electrons. The van der Waals surface area contributed by atoms with E-state index in [9.17, 15) is 14.9 Å². The lowest BCUT2D eigenvalue weighted by Gasteiger charge is -2.33. The van der Waals surface area contributed by atoms with Crippen LogP contribution in [-0.2, 0) is 0 Å². The van der Waals surface area contributed by atoms with Crippen molar-refractivity contribution in [1.29, 1.82) is 0 Å². The Hall–Kier alpha value is -2.67. The molecule has 1 N–H and O–H groups in total. The van der Waals surface area contributed by atoms with Crippen LogP contribution in [0.4, 0.5) is 11.4 Å². The van der Waals surface area contributed by atoms with E-state index in [1.807, 2.05) is 12.1 Å². The normalized spacial score (nSPS) is 16.2. The van der Waals surface area contributed by atoms with Gasteiger partial charge in [-0.3, -0.25) is 19.8 Å². The third kappa shape index (κ3) is 4.11. The van der Waals surface area contributed by atoms with Gasteiger partial charge in [-0.15, -0.1) is 0 Å². The first-order chi connectivity index (χ1) is 12.6. The summed E-state index contributed by atoms with van der Waals surface area (Å²) < 4.78 is 5.61. The Kier molecular flexibility index (Phi) is 5.68. The van der Waals surface area contributed by atoms with Crippen molar-refractivity contribution in [3.05, 3.63) is 58.0 Å². The summed E-state index contributed by atoms with van der Waals surface area (Å²) in [4.78, 5) is 24.8. The topological polar surface area (TPSA) is 88.6 Å². The molecule has 0 amide bonds. The Morgan fingerprint density at radius 3 is 2.69 bits per heavy atom. The van der Waals surface area contributed by atoms with E-state index in [1.54, 1.807) is 18.4 Å². The van der Waals surface area contributed by atoms with Crippen molar-refractivity contribution in [3.8, 4) is 0 Å². The SMILES string of the molecule is CC(=O)c1ccc(NCC(c2ccco2)N2CCCCC2)c([N+](=O)[O-])c1. The number of piperidine rings is 1. The molecule has 3 rings (SSSR count). The second-order valence-corrected chi connectivity index (χ2v) is 6.55. The second kappa shape index (κ2) is 8.14. The van der Waals surface area contributed by atoms with Gasteiger partial charge >= 0.3 is 0 Å². The molecular formula is C19H23N3O4. The van der Waals surface area contributed by atoms with E-state index >= 15 is 0 Å². The first-order valence-electron chi connectivity index (χ1n) is 8.87. The molecule has 2 aromatic rings. The molecule has 7 nitrogen and oxygen atoms in total. The van der Waals surface area contributed by atoms with E-state index in [-0.39, 0.29) is 17.5 Å². The third-order valence-corrected chi connectivity index (χ3v) is 4.79. The lowest BCUT2D eigenvalue weighted by atomic mass is 10.1. The van der Waals surface area contributed by atoms with Crippen LogP contribution in [0.2, 0.25) is 0 Å². The van der Waals surface area contributed by atoms with Crippen molar-refractivity contribution in [2.75, 3.05) is 25.0 Å². The van der Waals surface area contributed by atoms with Crippen LogP contribution in [-0.4, -0.2) is 35.2 Å². The summed E-state index contributed by atoms with van der Waals surface area (Å²) in [5.41, 5.74) is 0.656.